The molecule has 0 radical (unpaired) electrons. The number of nitrogens with zero attached hydrogens (tertiary/aromatic N) is 2. The van der Waals surface area contributed by atoms with E-state index in [0.29, 0.717) is 13.2 Å². The van der Waals surface area contributed by atoms with Crippen molar-refractivity contribution in [2.75, 3.05) is 13.2 Å². The number of aliphatic imine (C=N–C) groups is 1. The van der Waals surface area contributed by atoms with Crippen molar-refractivity contribution in [3.63, 3.8) is 0 Å². The van der Waals surface area contributed by atoms with Crippen LogP contribution in [-0.4, -0.2) is 35.5 Å². The quantitative estimate of drug-likeness (QED) is 0.513. The highest BCUT2D eigenvalue weighted by atomic mass is 16.4. The normalized spacial score (nSPS) is 18.0. The molecule has 0 bridgehead atoms. The fraction of sp³-hybridized carbons (Fsp3) is 0.600. The summed E-state index contributed by atoms with van der Waals surface area (Å²) >= 11 is 0. The molecule has 0 spiro atoms. The molecule has 0 aromatic rings. The van der Waals surface area contributed by atoms with Crippen LogP contribution in [0, 0.1) is 0 Å². The summed E-state index contributed by atoms with van der Waals surface area (Å²) in [5.41, 5.74) is 0. The van der Waals surface area contributed by atoms with Crippen LogP contribution in [0.15, 0.2) is 4.99 Å². The number of hydrogen-bond acceptors (Lipinski definition) is 2. The van der Waals surface area contributed by atoms with E-state index in [9.17, 15) is 4.79 Å². The van der Waals surface area contributed by atoms with E-state index in [1.54, 1.807) is 6.21 Å². The van der Waals surface area contributed by atoms with Crippen LogP contribution in [0.5, 0.6) is 0 Å². The third-order valence-corrected chi connectivity index (χ3v) is 1.18. The summed E-state index contributed by atoms with van der Waals surface area (Å²) < 4.78 is 0. The van der Waals surface area contributed by atoms with Crippen LogP contribution in [0.25, 0.3) is 0 Å². The molecule has 0 aliphatic carbocycles. The van der Waals surface area contributed by atoms with Crippen LogP contribution in [0.2, 0.25) is 0 Å². The van der Waals surface area contributed by atoms with Gasteiger partial charge >= 0.3 is 6.09 Å². The highest BCUT2D eigenvalue weighted by Crippen LogP contribution is 1.96. The van der Waals surface area contributed by atoms with Gasteiger partial charge in [-0.2, -0.15) is 0 Å². The van der Waals surface area contributed by atoms with Crippen molar-refractivity contribution in [1.82, 2.24) is 4.90 Å². The molecule has 0 aromatic carbocycles. The van der Waals surface area contributed by atoms with Crippen molar-refractivity contribution in [3.05, 3.63) is 0 Å². The molecule has 0 atom stereocenters. The van der Waals surface area contributed by atoms with Gasteiger partial charge in [-0.05, 0) is 0 Å². The highest BCUT2D eigenvalue weighted by molar-refractivity contribution is 5.67. The van der Waals surface area contributed by atoms with Gasteiger partial charge in [0.15, 0.2) is 0 Å². The summed E-state index contributed by atoms with van der Waals surface area (Å²) in [6.45, 7) is 0.883. The van der Waals surface area contributed by atoms with Crippen molar-refractivity contribution >= 4 is 12.3 Å². The minimum absolute atomic E-state index is 0.301. The van der Waals surface area contributed by atoms with Gasteiger partial charge in [0.1, 0.15) is 6.67 Å². The first-order valence-corrected chi connectivity index (χ1v) is 2.77. The summed E-state index contributed by atoms with van der Waals surface area (Å²) in [5, 5.41) is 8.39. The van der Waals surface area contributed by atoms with E-state index >= 15 is 0 Å². The molecule has 1 aliphatic heterocycles. The monoisotopic (exact) mass is 128 g/mol. The molecule has 1 aliphatic rings. The minimum Gasteiger partial charge on any atom is -0.465 e. The lowest BCUT2D eigenvalue weighted by Crippen LogP contribution is -2.33. The standard InChI is InChI=1S/C5H8N2O2/c8-5(9)7-3-1-2-6-4-7/h2H,1,3-4H2,(H,8,9). The third kappa shape index (κ3) is 1.42. The molecule has 9 heavy (non-hydrogen) atoms. The molecular formula is C5H8N2O2. The molecule has 0 saturated carbocycles. The second kappa shape index (κ2) is 2.48. The maximum Gasteiger partial charge on any atom is 0.408 e. The Hall–Kier alpha value is -1.06. The first-order chi connectivity index (χ1) is 4.30. The molecule has 4 nitrogen and oxygen atoms in total. The van der Waals surface area contributed by atoms with Crippen molar-refractivity contribution in [2.45, 2.75) is 6.42 Å². The van der Waals surface area contributed by atoms with Crippen LogP contribution in [0.1, 0.15) is 6.42 Å². The Kier molecular flexibility index (Phi) is 1.67. The third-order valence-electron chi connectivity index (χ3n) is 1.18. The van der Waals surface area contributed by atoms with E-state index in [4.69, 9.17) is 5.11 Å². The molecule has 1 heterocycles. The van der Waals surface area contributed by atoms with Crippen molar-refractivity contribution in [3.8, 4) is 0 Å². The molecule has 0 aromatic heterocycles. The van der Waals surface area contributed by atoms with Gasteiger partial charge in [-0.3, -0.25) is 9.89 Å². The second-order valence-electron chi connectivity index (χ2n) is 1.84. The maximum atomic E-state index is 10.2. The summed E-state index contributed by atoms with van der Waals surface area (Å²) in [6.07, 6.45) is 1.61. The fourth-order valence-corrected chi connectivity index (χ4v) is 0.688. The van der Waals surface area contributed by atoms with Crippen LogP contribution < -0.4 is 0 Å². The van der Waals surface area contributed by atoms with Crippen molar-refractivity contribution in [2.24, 2.45) is 4.99 Å². The maximum absolute atomic E-state index is 10.2. The fourth-order valence-electron chi connectivity index (χ4n) is 0.688. The van der Waals surface area contributed by atoms with E-state index in [2.05, 4.69) is 4.99 Å². The van der Waals surface area contributed by atoms with Crippen molar-refractivity contribution in [1.29, 1.82) is 0 Å². The Morgan fingerprint density at radius 1 is 1.78 bits per heavy atom. The summed E-state index contributed by atoms with van der Waals surface area (Å²) in [4.78, 5) is 15.3. The van der Waals surface area contributed by atoms with Crippen LogP contribution in [0.3, 0.4) is 0 Å². The zero-order chi connectivity index (χ0) is 6.69. The summed E-state index contributed by atoms with van der Waals surface area (Å²) in [6, 6.07) is 0. The summed E-state index contributed by atoms with van der Waals surface area (Å²) in [5.74, 6) is 0. The SMILES string of the molecule is O=C(O)N1CCC=NC1. The molecule has 1 amide bonds. The molecular weight excluding hydrogens is 120 g/mol. The van der Waals surface area contributed by atoms with E-state index in [-0.39, 0.29) is 0 Å². The lowest BCUT2D eigenvalue weighted by atomic mass is 10.4. The number of rotatable bonds is 0. The van der Waals surface area contributed by atoms with Gasteiger partial charge in [-0.25, -0.2) is 4.79 Å². The molecule has 1 N–H and O–H groups in total. The summed E-state index contributed by atoms with van der Waals surface area (Å²) in [7, 11) is 0. The topological polar surface area (TPSA) is 52.9 Å². The van der Waals surface area contributed by atoms with Crippen LogP contribution >= 0.6 is 0 Å². The Labute approximate surface area is 52.8 Å². The zero-order valence-electron chi connectivity index (χ0n) is 4.95. The molecule has 50 valence electrons. The van der Waals surface area contributed by atoms with Gasteiger partial charge in [0.05, 0.1) is 0 Å². The highest BCUT2D eigenvalue weighted by Gasteiger charge is 2.10. The Morgan fingerprint density at radius 3 is 2.89 bits per heavy atom. The average molecular weight is 128 g/mol. The molecule has 1 rings (SSSR count). The number of hydrogen-bond donors (Lipinski definition) is 1. The van der Waals surface area contributed by atoms with E-state index in [0.717, 1.165) is 6.42 Å². The molecule has 0 unspecified atom stereocenters. The number of carbonyl (C=O) groups is 1. The largest absolute Gasteiger partial charge is 0.465 e. The number of carboxylic acid groups (broad SMARTS) is 1. The molecule has 4 heteroatoms. The van der Waals surface area contributed by atoms with Gasteiger partial charge in [-0.1, -0.05) is 0 Å². The van der Waals surface area contributed by atoms with Crippen LogP contribution in [-0.2, 0) is 0 Å². The average Bonchev–Trinajstić information content (AvgIpc) is 1.90. The smallest absolute Gasteiger partial charge is 0.408 e. The van der Waals surface area contributed by atoms with Gasteiger partial charge in [0, 0.05) is 19.2 Å². The number of amides is 1. The second-order valence-corrected chi connectivity index (χ2v) is 1.84. The first kappa shape index (κ1) is 6.07. The van der Waals surface area contributed by atoms with Gasteiger partial charge in [0.25, 0.3) is 0 Å². The molecule has 0 fully saturated rings. The van der Waals surface area contributed by atoms with Crippen molar-refractivity contribution < 1.29 is 9.90 Å². The Balaban J connectivity index is 2.44. The predicted octanol–water partition coefficient (Wildman–Crippen LogP) is 0.398. The minimum atomic E-state index is -0.883. The van der Waals surface area contributed by atoms with Crippen LogP contribution in [0.4, 0.5) is 4.79 Å². The zero-order valence-corrected chi connectivity index (χ0v) is 4.95. The first-order valence-electron chi connectivity index (χ1n) is 2.77. The lowest BCUT2D eigenvalue weighted by molar-refractivity contribution is 0.146. The Morgan fingerprint density at radius 2 is 2.56 bits per heavy atom. The predicted molar refractivity (Wildman–Crippen MR) is 32.7 cm³/mol. The van der Waals surface area contributed by atoms with Gasteiger partial charge in [-0.15, -0.1) is 0 Å². The van der Waals surface area contributed by atoms with Gasteiger partial charge in [0.2, 0.25) is 0 Å². The van der Waals surface area contributed by atoms with E-state index in [1.165, 1.54) is 4.90 Å². The molecule has 0 saturated heterocycles. The van der Waals surface area contributed by atoms with E-state index in [1.807, 2.05) is 0 Å². The van der Waals surface area contributed by atoms with E-state index < -0.39 is 6.09 Å². The lowest BCUT2D eigenvalue weighted by Gasteiger charge is -2.18. The van der Waals surface area contributed by atoms with Gasteiger partial charge < -0.3 is 5.11 Å². The Bertz CT molecular complexity index is 144.